The lowest BCUT2D eigenvalue weighted by Gasteiger charge is -2.05. The summed E-state index contributed by atoms with van der Waals surface area (Å²) in [7, 11) is 0. The van der Waals surface area contributed by atoms with Crippen LogP contribution in [0.5, 0.6) is 0 Å². The summed E-state index contributed by atoms with van der Waals surface area (Å²) in [5.74, 6) is -0.365. The fourth-order valence-corrected chi connectivity index (χ4v) is 1.05. The van der Waals surface area contributed by atoms with Gasteiger partial charge in [0.15, 0.2) is 0 Å². The number of carbonyl (C=O) groups is 1. The number of hydrogen-bond acceptors (Lipinski definition) is 3. The molecule has 0 aromatic carbocycles. The average Bonchev–Trinajstić information content (AvgIpc) is 2.33. The number of carboxylic acids is 1. The number of carboxylic acid groups (broad SMARTS) is 1. The summed E-state index contributed by atoms with van der Waals surface area (Å²) < 4.78 is 5.04. The first-order valence-electron chi connectivity index (χ1n) is 3.62. The summed E-state index contributed by atoms with van der Waals surface area (Å²) in [4.78, 5) is 10.3. The fourth-order valence-electron chi connectivity index (χ4n) is 1.05. The van der Waals surface area contributed by atoms with Crippen LogP contribution in [-0.4, -0.2) is 11.1 Å². The molecule has 1 atom stereocenters. The number of furan rings is 1. The van der Waals surface area contributed by atoms with Crippen molar-refractivity contribution in [1.82, 2.24) is 0 Å². The van der Waals surface area contributed by atoms with Gasteiger partial charge in [0, 0.05) is 0 Å². The van der Waals surface area contributed by atoms with Gasteiger partial charge in [-0.15, -0.1) is 0 Å². The Kier molecular flexibility index (Phi) is 2.50. The van der Waals surface area contributed by atoms with Gasteiger partial charge in [-0.05, 0) is 18.6 Å². The van der Waals surface area contributed by atoms with E-state index in [9.17, 15) is 4.79 Å². The Morgan fingerprint density at radius 3 is 2.92 bits per heavy atom. The zero-order chi connectivity index (χ0) is 9.14. The zero-order valence-electron chi connectivity index (χ0n) is 6.78. The first kappa shape index (κ1) is 8.80. The van der Waals surface area contributed by atoms with Crippen LogP contribution in [0.15, 0.2) is 16.7 Å². The van der Waals surface area contributed by atoms with Crippen molar-refractivity contribution in [1.29, 1.82) is 0 Å². The monoisotopic (exact) mass is 169 g/mol. The molecule has 66 valence electrons. The molecule has 0 fully saturated rings. The highest BCUT2D eigenvalue weighted by atomic mass is 16.4. The molecule has 1 aromatic rings. The van der Waals surface area contributed by atoms with Crippen molar-refractivity contribution in [3.8, 4) is 0 Å². The number of aryl methyl sites for hydroxylation is 1. The molecule has 1 aromatic heterocycles. The molecule has 0 saturated carbocycles. The topological polar surface area (TPSA) is 76.5 Å². The maximum atomic E-state index is 10.3. The van der Waals surface area contributed by atoms with Gasteiger partial charge in [0.2, 0.25) is 0 Å². The van der Waals surface area contributed by atoms with Gasteiger partial charge in [-0.1, -0.05) is 0 Å². The van der Waals surface area contributed by atoms with Crippen molar-refractivity contribution in [3.63, 3.8) is 0 Å². The predicted molar refractivity (Wildman–Crippen MR) is 42.6 cm³/mol. The van der Waals surface area contributed by atoms with Crippen LogP contribution in [0.4, 0.5) is 0 Å². The van der Waals surface area contributed by atoms with Crippen molar-refractivity contribution in [3.05, 3.63) is 23.7 Å². The standard InChI is InChI=1S/C8H11NO3/c1-5-2-3-12-8(5)6(9)4-7(10)11/h2-3,6H,4,9H2,1H3,(H,10,11). The number of hydrogen-bond donors (Lipinski definition) is 2. The number of nitrogens with two attached hydrogens (primary N) is 1. The minimum atomic E-state index is -0.918. The molecule has 4 heteroatoms. The summed E-state index contributed by atoms with van der Waals surface area (Å²) >= 11 is 0. The Labute approximate surface area is 70.0 Å². The van der Waals surface area contributed by atoms with Gasteiger partial charge >= 0.3 is 5.97 Å². The van der Waals surface area contributed by atoms with E-state index in [0.29, 0.717) is 5.76 Å². The quantitative estimate of drug-likeness (QED) is 0.709. The van der Waals surface area contributed by atoms with E-state index >= 15 is 0 Å². The van der Waals surface area contributed by atoms with E-state index in [0.717, 1.165) is 5.56 Å². The Balaban J connectivity index is 2.71. The maximum absolute atomic E-state index is 10.3. The Bertz CT molecular complexity index is 280. The van der Waals surface area contributed by atoms with Crippen molar-refractivity contribution < 1.29 is 14.3 Å². The molecule has 12 heavy (non-hydrogen) atoms. The molecule has 0 saturated heterocycles. The molecule has 1 unspecified atom stereocenters. The van der Waals surface area contributed by atoms with E-state index in [1.54, 1.807) is 6.07 Å². The van der Waals surface area contributed by atoms with Gasteiger partial charge in [-0.3, -0.25) is 4.79 Å². The second-order valence-electron chi connectivity index (χ2n) is 2.67. The molecule has 1 rings (SSSR count). The second kappa shape index (κ2) is 3.40. The van der Waals surface area contributed by atoms with E-state index in [1.165, 1.54) is 6.26 Å². The molecular weight excluding hydrogens is 158 g/mol. The van der Waals surface area contributed by atoms with E-state index in [2.05, 4.69) is 0 Å². The van der Waals surface area contributed by atoms with Crippen molar-refractivity contribution in [2.45, 2.75) is 19.4 Å². The highest BCUT2D eigenvalue weighted by Gasteiger charge is 2.15. The Hall–Kier alpha value is -1.29. The summed E-state index contributed by atoms with van der Waals surface area (Å²) in [6, 6.07) is 1.22. The van der Waals surface area contributed by atoms with Gasteiger partial charge in [0.25, 0.3) is 0 Å². The maximum Gasteiger partial charge on any atom is 0.305 e. The van der Waals surface area contributed by atoms with Crippen molar-refractivity contribution in [2.24, 2.45) is 5.73 Å². The SMILES string of the molecule is Cc1ccoc1C(N)CC(=O)O. The Morgan fingerprint density at radius 1 is 1.83 bits per heavy atom. The van der Waals surface area contributed by atoms with E-state index < -0.39 is 12.0 Å². The number of rotatable bonds is 3. The van der Waals surface area contributed by atoms with Crippen LogP contribution >= 0.6 is 0 Å². The van der Waals surface area contributed by atoms with Crippen LogP contribution in [0.3, 0.4) is 0 Å². The van der Waals surface area contributed by atoms with Gasteiger partial charge < -0.3 is 15.3 Å². The normalized spacial score (nSPS) is 12.8. The van der Waals surface area contributed by atoms with Crippen LogP contribution in [0.25, 0.3) is 0 Å². The average molecular weight is 169 g/mol. The van der Waals surface area contributed by atoms with Gasteiger partial charge in [0.05, 0.1) is 18.7 Å². The third kappa shape index (κ3) is 1.85. The second-order valence-corrected chi connectivity index (χ2v) is 2.67. The van der Waals surface area contributed by atoms with Crippen molar-refractivity contribution >= 4 is 5.97 Å². The lowest BCUT2D eigenvalue weighted by molar-refractivity contribution is -0.137. The van der Waals surface area contributed by atoms with Crippen molar-refractivity contribution in [2.75, 3.05) is 0 Å². The highest BCUT2D eigenvalue weighted by molar-refractivity contribution is 5.67. The summed E-state index contributed by atoms with van der Waals surface area (Å²) in [5, 5.41) is 8.45. The highest BCUT2D eigenvalue weighted by Crippen LogP contribution is 2.18. The van der Waals surface area contributed by atoms with Crippen LogP contribution in [0.2, 0.25) is 0 Å². The summed E-state index contributed by atoms with van der Waals surface area (Å²) in [6.07, 6.45) is 1.40. The minimum Gasteiger partial charge on any atom is -0.481 e. The largest absolute Gasteiger partial charge is 0.481 e. The molecule has 4 nitrogen and oxygen atoms in total. The summed E-state index contributed by atoms with van der Waals surface area (Å²) in [6.45, 7) is 1.83. The van der Waals surface area contributed by atoms with Gasteiger partial charge in [-0.25, -0.2) is 0 Å². The smallest absolute Gasteiger partial charge is 0.305 e. The summed E-state index contributed by atoms with van der Waals surface area (Å²) in [5.41, 5.74) is 6.46. The first-order chi connectivity index (χ1) is 5.61. The van der Waals surface area contributed by atoms with E-state index in [1.807, 2.05) is 6.92 Å². The molecule has 0 amide bonds. The molecule has 0 radical (unpaired) electrons. The molecular formula is C8H11NO3. The van der Waals surface area contributed by atoms with Crippen LogP contribution in [-0.2, 0) is 4.79 Å². The molecule has 0 aliphatic rings. The third-order valence-electron chi connectivity index (χ3n) is 1.63. The fraction of sp³-hybridized carbons (Fsp3) is 0.375. The lowest BCUT2D eigenvalue weighted by atomic mass is 10.1. The zero-order valence-corrected chi connectivity index (χ0v) is 6.78. The van der Waals surface area contributed by atoms with E-state index in [4.69, 9.17) is 15.3 Å². The van der Waals surface area contributed by atoms with E-state index in [-0.39, 0.29) is 6.42 Å². The number of aliphatic carboxylic acids is 1. The predicted octanol–water partition coefficient (Wildman–Crippen LogP) is 1.06. The molecule has 1 heterocycles. The molecule has 3 N–H and O–H groups in total. The third-order valence-corrected chi connectivity index (χ3v) is 1.63. The van der Waals surface area contributed by atoms with Gasteiger partial charge in [-0.2, -0.15) is 0 Å². The lowest BCUT2D eigenvalue weighted by Crippen LogP contribution is -2.15. The minimum absolute atomic E-state index is 0.103. The Morgan fingerprint density at radius 2 is 2.50 bits per heavy atom. The first-order valence-corrected chi connectivity index (χ1v) is 3.62. The molecule has 0 aliphatic heterocycles. The van der Waals surface area contributed by atoms with Crippen LogP contribution < -0.4 is 5.73 Å². The van der Waals surface area contributed by atoms with Gasteiger partial charge in [0.1, 0.15) is 5.76 Å². The van der Waals surface area contributed by atoms with Crippen LogP contribution in [0.1, 0.15) is 23.8 Å². The van der Waals surface area contributed by atoms with Crippen LogP contribution in [0, 0.1) is 6.92 Å². The molecule has 0 spiro atoms. The molecule has 0 aliphatic carbocycles. The molecule has 0 bridgehead atoms.